The van der Waals surface area contributed by atoms with Gasteiger partial charge < -0.3 is 25.4 Å². The number of hydrogen-bond donors (Lipinski definition) is 4. The molecule has 12 heteroatoms. The first-order chi connectivity index (χ1) is 22.6. The highest BCUT2D eigenvalue weighted by atomic mass is 19.4. The quantitative estimate of drug-likeness (QED) is 0.0990. The van der Waals surface area contributed by atoms with Gasteiger partial charge in [-0.1, -0.05) is 86.6 Å². The standard InChI is InChI=1S/C36H32F3NO8/c1-21(2)31(42)28-18-22(19-30(41)48-20-35(33(44)45,34(46)47)24-8-4-3-5-9-24)12-17-29(28)40-32(43)27-11-7-6-10-26(27)23-13-15-25(16-14-23)36(37,38)39/h3-18,21,31,42H,19-20H2,1-2H3,(H,40,43)(H,44,45)(H,46,47). The van der Waals surface area contributed by atoms with Crippen LogP contribution in [0.2, 0.25) is 0 Å². The van der Waals surface area contributed by atoms with Gasteiger partial charge in [-0.2, -0.15) is 13.2 Å². The average molecular weight is 664 g/mol. The van der Waals surface area contributed by atoms with Crippen molar-refractivity contribution in [1.82, 2.24) is 0 Å². The number of halogens is 3. The molecule has 0 saturated heterocycles. The Balaban J connectivity index is 1.57. The number of carbonyl (C=O) groups is 4. The second-order valence-electron chi connectivity index (χ2n) is 11.4. The SMILES string of the molecule is CC(C)C(O)c1cc(CC(=O)OCC(C(=O)O)(C(=O)O)c2ccccc2)ccc1NC(=O)c1ccccc1-c1ccc(C(F)(F)F)cc1. The summed E-state index contributed by atoms with van der Waals surface area (Å²) in [6.07, 6.45) is -6.03. The van der Waals surface area contributed by atoms with Gasteiger partial charge in [0.05, 0.1) is 18.1 Å². The molecule has 4 aromatic rings. The number of aliphatic hydroxyl groups excluding tert-OH is 1. The minimum absolute atomic E-state index is 0.0832. The zero-order valence-electron chi connectivity index (χ0n) is 25.8. The molecule has 0 saturated carbocycles. The van der Waals surface area contributed by atoms with Crippen molar-refractivity contribution in [1.29, 1.82) is 0 Å². The third kappa shape index (κ3) is 7.72. The topological polar surface area (TPSA) is 150 Å². The lowest BCUT2D eigenvalue weighted by Gasteiger charge is -2.25. The zero-order chi connectivity index (χ0) is 35.2. The van der Waals surface area contributed by atoms with E-state index in [1.54, 1.807) is 38.1 Å². The van der Waals surface area contributed by atoms with Gasteiger partial charge >= 0.3 is 24.1 Å². The molecule has 0 aliphatic heterocycles. The lowest BCUT2D eigenvalue weighted by Crippen LogP contribution is -2.48. The van der Waals surface area contributed by atoms with Crippen molar-refractivity contribution in [3.63, 3.8) is 0 Å². The highest BCUT2D eigenvalue weighted by Crippen LogP contribution is 2.34. The van der Waals surface area contributed by atoms with Crippen LogP contribution in [0.3, 0.4) is 0 Å². The average Bonchev–Trinajstić information content (AvgIpc) is 3.05. The number of anilines is 1. The Morgan fingerprint density at radius 3 is 1.98 bits per heavy atom. The van der Waals surface area contributed by atoms with Crippen LogP contribution >= 0.6 is 0 Å². The first-order valence-corrected chi connectivity index (χ1v) is 14.7. The molecule has 1 atom stereocenters. The molecule has 0 bridgehead atoms. The van der Waals surface area contributed by atoms with E-state index in [1.807, 2.05) is 0 Å². The Bertz CT molecular complexity index is 1790. The number of ether oxygens (including phenoxy) is 1. The summed E-state index contributed by atoms with van der Waals surface area (Å²) < 4.78 is 44.4. The van der Waals surface area contributed by atoms with Crippen LogP contribution in [0.15, 0.2) is 97.1 Å². The summed E-state index contributed by atoms with van der Waals surface area (Å²) in [5.74, 6) is -5.29. The van der Waals surface area contributed by atoms with E-state index in [2.05, 4.69) is 5.32 Å². The van der Waals surface area contributed by atoms with Crippen LogP contribution in [0.4, 0.5) is 18.9 Å². The minimum Gasteiger partial charge on any atom is -0.480 e. The molecule has 4 N–H and O–H groups in total. The predicted molar refractivity (Wildman–Crippen MR) is 169 cm³/mol. The second kappa shape index (κ2) is 14.5. The highest BCUT2D eigenvalue weighted by Gasteiger charge is 2.50. The number of benzene rings is 4. The molecule has 1 amide bonds. The Morgan fingerprint density at radius 1 is 0.792 bits per heavy atom. The molecule has 48 heavy (non-hydrogen) atoms. The lowest BCUT2D eigenvalue weighted by molar-refractivity contribution is -0.164. The molecule has 0 aliphatic carbocycles. The molecule has 0 fully saturated rings. The van der Waals surface area contributed by atoms with Crippen LogP contribution in [0.5, 0.6) is 0 Å². The molecule has 9 nitrogen and oxygen atoms in total. The van der Waals surface area contributed by atoms with E-state index in [9.17, 15) is 47.7 Å². The number of amides is 1. The van der Waals surface area contributed by atoms with Crippen LogP contribution in [-0.2, 0) is 37.1 Å². The molecule has 0 spiro atoms. The summed E-state index contributed by atoms with van der Waals surface area (Å²) in [5, 5.41) is 33.4. The molecule has 4 rings (SSSR count). The van der Waals surface area contributed by atoms with E-state index < -0.39 is 60.1 Å². The van der Waals surface area contributed by atoms with E-state index in [0.29, 0.717) is 16.7 Å². The van der Waals surface area contributed by atoms with Gasteiger partial charge in [-0.25, -0.2) is 0 Å². The van der Waals surface area contributed by atoms with Crippen molar-refractivity contribution in [2.75, 3.05) is 11.9 Å². The number of nitrogens with one attached hydrogen (secondary N) is 1. The molecule has 4 aromatic carbocycles. The third-order valence-electron chi connectivity index (χ3n) is 7.80. The lowest BCUT2D eigenvalue weighted by atomic mass is 9.81. The zero-order valence-corrected chi connectivity index (χ0v) is 25.8. The second-order valence-corrected chi connectivity index (χ2v) is 11.4. The Labute approximate surface area is 273 Å². The van der Waals surface area contributed by atoms with Crippen LogP contribution < -0.4 is 5.32 Å². The number of hydrogen-bond acceptors (Lipinski definition) is 6. The van der Waals surface area contributed by atoms with Gasteiger partial charge in [0.2, 0.25) is 5.41 Å². The van der Waals surface area contributed by atoms with Crippen molar-refractivity contribution in [3.8, 4) is 11.1 Å². The van der Waals surface area contributed by atoms with E-state index in [1.165, 1.54) is 60.7 Å². The number of esters is 1. The van der Waals surface area contributed by atoms with Gasteiger partial charge in [-0.05, 0) is 52.4 Å². The summed E-state index contributed by atoms with van der Waals surface area (Å²) in [7, 11) is 0. The van der Waals surface area contributed by atoms with Crippen molar-refractivity contribution in [2.45, 2.75) is 38.0 Å². The van der Waals surface area contributed by atoms with Crippen molar-refractivity contribution >= 4 is 29.5 Å². The fourth-order valence-electron chi connectivity index (χ4n) is 5.08. The number of rotatable bonds is 12. The molecule has 0 heterocycles. The van der Waals surface area contributed by atoms with E-state index in [-0.39, 0.29) is 28.3 Å². The number of carboxylic acid groups (broad SMARTS) is 2. The van der Waals surface area contributed by atoms with Gasteiger partial charge in [0, 0.05) is 16.8 Å². The summed E-state index contributed by atoms with van der Waals surface area (Å²) in [6, 6.07) is 22.3. The van der Waals surface area contributed by atoms with Gasteiger partial charge in [-0.15, -0.1) is 0 Å². The summed E-state index contributed by atoms with van der Waals surface area (Å²) >= 11 is 0. The smallest absolute Gasteiger partial charge is 0.416 e. The van der Waals surface area contributed by atoms with Gasteiger partial charge in [0.15, 0.2) is 0 Å². The van der Waals surface area contributed by atoms with E-state index in [4.69, 9.17) is 4.74 Å². The normalized spacial score (nSPS) is 12.3. The Morgan fingerprint density at radius 2 is 1.40 bits per heavy atom. The van der Waals surface area contributed by atoms with Crippen LogP contribution in [-0.4, -0.2) is 45.7 Å². The van der Waals surface area contributed by atoms with Crippen molar-refractivity contribution in [3.05, 3.63) is 125 Å². The molecule has 0 aromatic heterocycles. The first-order valence-electron chi connectivity index (χ1n) is 14.7. The third-order valence-corrected chi connectivity index (χ3v) is 7.80. The summed E-state index contributed by atoms with van der Waals surface area (Å²) in [4.78, 5) is 50.6. The molecular weight excluding hydrogens is 631 g/mol. The first kappa shape index (κ1) is 35.4. The van der Waals surface area contributed by atoms with Crippen molar-refractivity contribution in [2.24, 2.45) is 5.92 Å². The van der Waals surface area contributed by atoms with E-state index >= 15 is 0 Å². The fraction of sp³-hybridized carbons (Fsp3) is 0.222. The predicted octanol–water partition coefficient (Wildman–Crippen LogP) is 6.51. The maximum Gasteiger partial charge on any atom is 0.416 e. The molecule has 0 radical (unpaired) electrons. The largest absolute Gasteiger partial charge is 0.480 e. The van der Waals surface area contributed by atoms with E-state index in [0.717, 1.165) is 12.1 Å². The molecule has 0 aliphatic rings. The number of aliphatic carboxylic acids is 2. The number of carboxylic acids is 2. The number of carbonyl (C=O) groups excluding carboxylic acids is 2. The summed E-state index contributed by atoms with van der Waals surface area (Å²) in [5.41, 5.74) is -1.74. The Hall–Kier alpha value is -5.49. The van der Waals surface area contributed by atoms with Crippen molar-refractivity contribution < 1.29 is 52.4 Å². The molecular formula is C36H32F3NO8. The Kier molecular flexibility index (Phi) is 10.7. The number of alkyl halides is 3. The monoisotopic (exact) mass is 663 g/mol. The van der Waals surface area contributed by atoms with Gasteiger partial charge in [-0.3, -0.25) is 19.2 Å². The summed E-state index contributed by atoms with van der Waals surface area (Å²) in [6.45, 7) is 2.49. The maximum absolute atomic E-state index is 13.5. The fourth-order valence-corrected chi connectivity index (χ4v) is 5.08. The van der Waals surface area contributed by atoms with Crippen LogP contribution in [0.25, 0.3) is 11.1 Å². The van der Waals surface area contributed by atoms with Gasteiger partial charge in [0.25, 0.3) is 5.91 Å². The maximum atomic E-state index is 13.5. The van der Waals surface area contributed by atoms with Gasteiger partial charge in [0.1, 0.15) is 6.61 Å². The molecule has 250 valence electrons. The highest BCUT2D eigenvalue weighted by molar-refractivity contribution is 6.09. The molecule has 1 unspecified atom stereocenters. The van der Waals surface area contributed by atoms with Crippen LogP contribution in [0, 0.1) is 5.92 Å². The van der Waals surface area contributed by atoms with Crippen LogP contribution in [0.1, 0.15) is 52.6 Å². The number of aliphatic hydroxyl groups is 1. The minimum atomic E-state index is -4.52.